The van der Waals surface area contributed by atoms with Crippen LogP contribution < -0.4 is 5.32 Å². The molecule has 5 heteroatoms. The Balaban J connectivity index is 2.04. The zero-order valence-corrected chi connectivity index (χ0v) is 9.83. The van der Waals surface area contributed by atoms with Crippen LogP contribution in [0.4, 0.5) is 0 Å². The summed E-state index contributed by atoms with van der Waals surface area (Å²) >= 11 is 0. The second-order valence-electron chi connectivity index (χ2n) is 4.00. The highest BCUT2D eigenvalue weighted by Crippen LogP contribution is 1.97. The number of rotatable bonds is 7. The fraction of sp³-hybridized carbons (Fsp3) is 0.818. The quantitative estimate of drug-likeness (QED) is 0.498. The van der Waals surface area contributed by atoms with E-state index in [0.717, 1.165) is 32.4 Å². The Morgan fingerprint density at radius 2 is 1.81 bits per heavy atom. The molecule has 1 aliphatic heterocycles. The monoisotopic (exact) mass is 228 g/mol. The predicted octanol–water partition coefficient (Wildman–Crippen LogP) is 0.152. The second-order valence-corrected chi connectivity index (χ2v) is 4.00. The molecule has 0 bridgehead atoms. The maximum absolute atomic E-state index is 11.1. The van der Waals surface area contributed by atoms with Crippen molar-refractivity contribution in [2.24, 2.45) is 0 Å². The van der Waals surface area contributed by atoms with Gasteiger partial charge in [-0.25, -0.2) is 0 Å². The fourth-order valence-corrected chi connectivity index (χ4v) is 1.59. The van der Waals surface area contributed by atoms with Gasteiger partial charge in [0.2, 0.25) is 11.8 Å². The first-order valence-corrected chi connectivity index (χ1v) is 5.85. The van der Waals surface area contributed by atoms with Gasteiger partial charge < -0.3 is 4.74 Å². The molecule has 0 aromatic carbocycles. The average molecular weight is 228 g/mol. The van der Waals surface area contributed by atoms with Crippen LogP contribution in [-0.2, 0) is 14.3 Å². The first-order chi connectivity index (χ1) is 7.72. The smallest absolute Gasteiger partial charge is 0.240 e. The number of nitrogens with one attached hydrogen (secondary N) is 1. The Morgan fingerprint density at radius 3 is 2.44 bits per heavy atom. The van der Waals surface area contributed by atoms with Crippen LogP contribution in [0.25, 0.3) is 0 Å². The number of imide groups is 1. The number of carbonyl (C=O) groups is 2. The fourth-order valence-electron chi connectivity index (χ4n) is 1.59. The van der Waals surface area contributed by atoms with E-state index >= 15 is 0 Å². The minimum absolute atomic E-state index is 0.205. The van der Waals surface area contributed by atoms with Gasteiger partial charge in [0, 0.05) is 19.8 Å². The molecule has 0 saturated carbocycles. The molecule has 0 aliphatic carbocycles. The number of carbonyl (C=O) groups excluding carboxylic acids is 2. The van der Waals surface area contributed by atoms with Gasteiger partial charge >= 0.3 is 0 Å². The van der Waals surface area contributed by atoms with Crippen LogP contribution in [0.2, 0.25) is 0 Å². The number of ether oxygens (including phenoxy) is 1. The maximum atomic E-state index is 11.1. The van der Waals surface area contributed by atoms with Crippen LogP contribution in [0.3, 0.4) is 0 Å². The molecule has 92 valence electrons. The van der Waals surface area contributed by atoms with Gasteiger partial charge in [0.1, 0.15) is 0 Å². The molecule has 5 nitrogen and oxygen atoms in total. The Hall–Kier alpha value is -0.940. The Bertz CT molecular complexity index is 227. The molecule has 0 aromatic heterocycles. The maximum Gasteiger partial charge on any atom is 0.240 e. The molecule has 1 fully saturated rings. The number of unbranched alkanes of at least 4 members (excludes halogenated alkanes) is 1. The molecule has 0 unspecified atom stereocenters. The molecule has 1 aliphatic rings. The molecule has 0 aromatic rings. The number of hydrogen-bond donors (Lipinski definition) is 1. The third-order valence-corrected chi connectivity index (χ3v) is 2.42. The third kappa shape index (κ3) is 5.23. The summed E-state index contributed by atoms with van der Waals surface area (Å²) in [6, 6.07) is 0. The van der Waals surface area contributed by atoms with Crippen molar-refractivity contribution < 1.29 is 14.3 Å². The first kappa shape index (κ1) is 13.1. The van der Waals surface area contributed by atoms with Crippen molar-refractivity contribution in [3.63, 3.8) is 0 Å². The van der Waals surface area contributed by atoms with Gasteiger partial charge in [-0.3, -0.25) is 19.8 Å². The van der Waals surface area contributed by atoms with Crippen LogP contribution in [0.15, 0.2) is 0 Å². The molecular weight excluding hydrogens is 208 g/mol. The normalized spacial score (nSPS) is 17.6. The Morgan fingerprint density at radius 1 is 1.19 bits per heavy atom. The van der Waals surface area contributed by atoms with Crippen molar-refractivity contribution in [1.29, 1.82) is 0 Å². The second kappa shape index (κ2) is 7.35. The summed E-state index contributed by atoms with van der Waals surface area (Å²) in [6.07, 6.45) is 3.09. The van der Waals surface area contributed by atoms with E-state index in [0.29, 0.717) is 19.7 Å². The summed E-state index contributed by atoms with van der Waals surface area (Å²) in [5, 5.41) is 2.28. The first-order valence-electron chi connectivity index (χ1n) is 5.85. The van der Waals surface area contributed by atoms with Crippen LogP contribution in [0.5, 0.6) is 0 Å². The summed E-state index contributed by atoms with van der Waals surface area (Å²) in [4.78, 5) is 24.0. The molecule has 2 amide bonds. The predicted molar refractivity (Wildman–Crippen MR) is 59.9 cm³/mol. The van der Waals surface area contributed by atoms with E-state index in [9.17, 15) is 9.59 Å². The zero-order valence-electron chi connectivity index (χ0n) is 9.83. The molecule has 1 rings (SSSR count). The molecule has 0 atom stereocenters. The number of nitrogens with zero attached hydrogens (tertiary/aromatic N) is 1. The summed E-state index contributed by atoms with van der Waals surface area (Å²) < 4.78 is 5.41. The molecule has 0 radical (unpaired) electrons. The lowest BCUT2D eigenvalue weighted by Crippen LogP contribution is -2.51. The number of piperazine rings is 1. The Kier molecular flexibility index (Phi) is 6.03. The van der Waals surface area contributed by atoms with Gasteiger partial charge in [-0.15, -0.1) is 0 Å². The lowest BCUT2D eigenvalue weighted by Gasteiger charge is -2.24. The standard InChI is InChI=1S/C11H20N2O3/c1-2-3-6-16-7-4-5-13-8-10(14)12-11(15)9-13/h2-9H2,1H3,(H,12,14,15). The lowest BCUT2D eigenvalue weighted by atomic mass is 10.3. The van der Waals surface area contributed by atoms with Gasteiger partial charge in [0.15, 0.2) is 0 Å². The van der Waals surface area contributed by atoms with E-state index in [1.54, 1.807) is 0 Å². The number of amides is 2. The SMILES string of the molecule is CCCCOCCCN1CC(=O)NC(=O)C1. The molecule has 16 heavy (non-hydrogen) atoms. The topological polar surface area (TPSA) is 58.6 Å². The average Bonchev–Trinajstić information content (AvgIpc) is 2.22. The van der Waals surface area contributed by atoms with E-state index in [4.69, 9.17) is 4.74 Å². The number of hydrogen-bond acceptors (Lipinski definition) is 4. The van der Waals surface area contributed by atoms with E-state index in [2.05, 4.69) is 12.2 Å². The van der Waals surface area contributed by atoms with Crippen LogP contribution in [-0.4, -0.2) is 49.6 Å². The zero-order chi connectivity index (χ0) is 11.8. The largest absolute Gasteiger partial charge is 0.381 e. The van der Waals surface area contributed by atoms with Crippen molar-refractivity contribution in [2.75, 3.05) is 32.8 Å². The molecular formula is C11H20N2O3. The summed E-state index contributed by atoms with van der Waals surface area (Å²) in [5.74, 6) is -0.411. The van der Waals surface area contributed by atoms with Crippen molar-refractivity contribution in [3.05, 3.63) is 0 Å². The molecule has 1 saturated heterocycles. The Labute approximate surface area is 96.1 Å². The van der Waals surface area contributed by atoms with E-state index < -0.39 is 0 Å². The van der Waals surface area contributed by atoms with Gasteiger partial charge in [-0.05, 0) is 12.8 Å². The summed E-state index contributed by atoms with van der Waals surface area (Å²) in [5.41, 5.74) is 0. The van der Waals surface area contributed by atoms with E-state index in [1.165, 1.54) is 0 Å². The van der Waals surface area contributed by atoms with Crippen molar-refractivity contribution in [2.45, 2.75) is 26.2 Å². The minimum Gasteiger partial charge on any atom is -0.381 e. The highest BCUT2D eigenvalue weighted by Gasteiger charge is 2.21. The van der Waals surface area contributed by atoms with E-state index in [-0.39, 0.29) is 11.8 Å². The van der Waals surface area contributed by atoms with Gasteiger partial charge in [0.05, 0.1) is 13.1 Å². The highest BCUT2D eigenvalue weighted by atomic mass is 16.5. The molecule has 1 N–H and O–H groups in total. The van der Waals surface area contributed by atoms with Gasteiger partial charge in [0.25, 0.3) is 0 Å². The van der Waals surface area contributed by atoms with Crippen molar-refractivity contribution >= 4 is 11.8 Å². The van der Waals surface area contributed by atoms with Crippen molar-refractivity contribution in [1.82, 2.24) is 10.2 Å². The third-order valence-electron chi connectivity index (χ3n) is 2.42. The van der Waals surface area contributed by atoms with Gasteiger partial charge in [-0.2, -0.15) is 0 Å². The molecule has 1 heterocycles. The minimum atomic E-state index is -0.205. The summed E-state index contributed by atoms with van der Waals surface area (Å²) in [7, 11) is 0. The molecule has 0 spiro atoms. The van der Waals surface area contributed by atoms with E-state index in [1.807, 2.05) is 4.90 Å². The van der Waals surface area contributed by atoms with Crippen LogP contribution in [0.1, 0.15) is 26.2 Å². The lowest BCUT2D eigenvalue weighted by molar-refractivity contribution is -0.136. The van der Waals surface area contributed by atoms with Gasteiger partial charge in [-0.1, -0.05) is 13.3 Å². The highest BCUT2D eigenvalue weighted by molar-refractivity contribution is 5.99. The van der Waals surface area contributed by atoms with Crippen molar-refractivity contribution in [3.8, 4) is 0 Å². The summed E-state index contributed by atoms with van der Waals surface area (Å²) in [6.45, 7) is 5.01. The van der Waals surface area contributed by atoms with Crippen LogP contribution in [0, 0.1) is 0 Å². The van der Waals surface area contributed by atoms with Crippen LogP contribution >= 0.6 is 0 Å².